The van der Waals surface area contributed by atoms with Crippen LogP contribution in [0.2, 0.25) is 0 Å². The first-order valence-corrected chi connectivity index (χ1v) is 7.34. The van der Waals surface area contributed by atoms with Gasteiger partial charge in [0, 0.05) is 18.8 Å². The van der Waals surface area contributed by atoms with Gasteiger partial charge in [-0.05, 0) is 26.3 Å². The summed E-state index contributed by atoms with van der Waals surface area (Å²) in [5.41, 5.74) is 2.03. The van der Waals surface area contributed by atoms with Crippen LogP contribution in [-0.2, 0) is 9.59 Å². The molecule has 0 spiro atoms. The number of hydrogen-bond donors (Lipinski definition) is 1. The Labute approximate surface area is 128 Å². The van der Waals surface area contributed by atoms with E-state index in [0.29, 0.717) is 13.1 Å². The van der Waals surface area contributed by atoms with Gasteiger partial charge in [-0.25, -0.2) is 4.79 Å². The molecular weight excluding hydrogens is 286 g/mol. The Morgan fingerprint density at radius 1 is 1.41 bits per heavy atom. The van der Waals surface area contributed by atoms with E-state index in [4.69, 9.17) is 0 Å². The molecule has 1 aromatic rings. The number of amides is 4. The van der Waals surface area contributed by atoms with Gasteiger partial charge in [-0.1, -0.05) is 0 Å². The highest BCUT2D eigenvalue weighted by Gasteiger charge is 2.34. The van der Waals surface area contributed by atoms with Crippen molar-refractivity contribution in [2.24, 2.45) is 0 Å². The van der Waals surface area contributed by atoms with Crippen LogP contribution in [0.5, 0.6) is 0 Å². The lowest BCUT2D eigenvalue weighted by atomic mass is 10.2. The molecule has 0 aromatic carbocycles. The quantitative estimate of drug-likeness (QED) is 0.785. The van der Waals surface area contributed by atoms with Gasteiger partial charge in [-0.15, -0.1) is 0 Å². The predicted molar refractivity (Wildman–Crippen MR) is 77.0 cm³/mol. The zero-order chi connectivity index (χ0) is 15.9. The molecule has 2 saturated heterocycles. The summed E-state index contributed by atoms with van der Waals surface area (Å²) in [6.45, 7) is 4.90. The van der Waals surface area contributed by atoms with E-state index >= 15 is 0 Å². The van der Waals surface area contributed by atoms with Gasteiger partial charge in [0.05, 0.1) is 18.3 Å². The second-order valence-electron chi connectivity index (χ2n) is 5.79. The smallest absolute Gasteiger partial charge is 0.325 e. The van der Waals surface area contributed by atoms with Crippen LogP contribution in [0, 0.1) is 13.8 Å². The van der Waals surface area contributed by atoms with Crippen LogP contribution in [0.25, 0.3) is 0 Å². The predicted octanol–water partition coefficient (Wildman–Crippen LogP) is -0.175. The minimum Gasteiger partial charge on any atom is -0.339 e. The number of hydrogen-bond acceptors (Lipinski definition) is 4. The summed E-state index contributed by atoms with van der Waals surface area (Å²) >= 11 is 0. The summed E-state index contributed by atoms with van der Waals surface area (Å²) in [6.07, 6.45) is 0.827. The largest absolute Gasteiger partial charge is 0.339 e. The highest BCUT2D eigenvalue weighted by Crippen LogP contribution is 2.23. The number of nitrogens with zero attached hydrogens (tertiary/aromatic N) is 4. The Bertz CT molecular complexity index is 622. The van der Waals surface area contributed by atoms with Gasteiger partial charge in [-0.2, -0.15) is 5.10 Å². The molecule has 0 radical (unpaired) electrons. The molecule has 1 N–H and O–H groups in total. The normalized spacial score (nSPS) is 21.6. The van der Waals surface area contributed by atoms with E-state index in [1.54, 1.807) is 4.90 Å². The first-order valence-electron chi connectivity index (χ1n) is 7.34. The number of aryl methyl sites for hydroxylation is 2. The fourth-order valence-corrected chi connectivity index (χ4v) is 3.03. The van der Waals surface area contributed by atoms with Crippen LogP contribution in [0.15, 0.2) is 6.07 Å². The van der Waals surface area contributed by atoms with Gasteiger partial charge in [0.2, 0.25) is 5.91 Å². The highest BCUT2D eigenvalue weighted by molar-refractivity contribution is 6.04. The Kier molecular flexibility index (Phi) is 3.59. The molecule has 8 heteroatoms. The molecule has 3 rings (SSSR count). The Hall–Kier alpha value is -2.38. The molecule has 22 heavy (non-hydrogen) atoms. The maximum atomic E-state index is 12.3. The van der Waals surface area contributed by atoms with Gasteiger partial charge in [-0.3, -0.25) is 19.2 Å². The first kappa shape index (κ1) is 14.6. The zero-order valence-electron chi connectivity index (χ0n) is 12.7. The molecule has 2 aliphatic heterocycles. The third kappa shape index (κ3) is 2.56. The SMILES string of the molecule is Cc1cc(C)n([C@H]2CCN(C(=O)CN3C(=O)CNC3=O)C2)n1. The van der Waals surface area contributed by atoms with Gasteiger partial charge in [0.15, 0.2) is 0 Å². The molecular formula is C14H19N5O3. The summed E-state index contributed by atoms with van der Waals surface area (Å²) in [7, 11) is 0. The van der Waals surface area contributed by atoms with Crippen molar-refractivity contribution >= 4 is 17.8 Å². The Balaban J connectivity index is 1.62. The molecule has 118 valence electrons. The Morgan fingerprint density at radius 3 is 2.77 bits per heavy atom. The Morgan fingerprint density at radius 2 is 2.18 bits per heavy atom. The standard InChI is InChI=1S/C14H19N5O3/c1-9-5-10(2)19(16-9)11-3-4-17(7-11)13(21)8-18-12(20)6-15-14(18)22/h5,11H,3-4,6-8H2,1-2H3,(H,15,22)/t11-/m0/s1. The minimum atomic E-state index is -0.493. The van der Waals surface area contributed by atoms with Crippen molar-refractivity contribution in [1.29, 1.82) is 0 Å². The molecule has 0 unspecified atom stereocenters. The van der Waals surface area contributed by atoms with Gasteiger partial charge >= 0.3 is 6.03 Å². The van der Waals surface area contributed by atoms with Crippen LogP contribution in [0.1, 0.15) is 23.9 Å². The maximum absolute atomic E-state index is 12.3. The molecule has 0 aliphatic carbocycles. The zero-order valence-corrected chi connectivity index (χ0v) is 12.7. The maximum Gasteiger partial charge on any atom is 0.325 e. The van der Waals surface area contributed by atoms with Crippen molar-refractivity contribution in [3.05, 3.63) is 17.5 Å². The average Bonchev–Trinajstić information content (AvgIpc) is 3.14. The van der Waals surface area contributed by atoms with E-state index in [0.717, 1.165) is 22.7 Å². The third-order valence-electron chi connectivity index (χ3n) is 4.14. The van der Waals surface area contributed by atoms with Crippen LogP contribution in [0.4, 0.5) is 4.79 Å². The van der Waals surface area contributed by atoms with Crippen molar-refractivity contribution in [1.82, 2.24) is 24.9 Å². The number of urea groups is 1. The van der Waals surface area contributed by atoms with E-state index in [1.807, 2.05) is 24.6 Å². The topological polar surface area (TPSA) is 87.5 Å². The number of imide groups is 1. The van der Waals surface area contributed by atoms with Crippen molar-refractivity contribution in [2.45, 2.75) is 26.3 Å². The second kappa shape index (κ2) is 5.43. The lowest BCUT2D eigenvalue weighted by Crippen LogP contribution is -2.42. The number of carbonyl (C=O) groups is 3. The monoisotopic (exact) mass is 305 g/mol. The molecule has 4 amide bonds. The van der Waals surface area contributed by atoms with Crippen LogP contribution in [0.3, 0.4) is 0 Å². The van der Waals surface area contributed by atoms with Crippen molar-refractivity contribution < 1.29 is 14.4 Å². The van der Waals surface area contributed by atoms with Crippen LogP contribution < -0.4 is 5.32 Å². The minimum absolute atomic E-state index is 0.0273. The molecule has 2 aliphatic rings. The van der Waals surface area contributed by atoms with E-state index < -0.39 is 6.03 Å². The van der Waals surface area contributed by atoms with E-state index in [2.05, 4.69) is 10.4 Å². The number of rotatable bonds is 3. The number of likely N-dealkylation sites (tertiary alicyclic amines) is 1. The molecule has 0 saturated carbocycles. The fourth-order valence-electron chi connectivity index (χ4n) is 3.03. The van der Waals surface area contributed by atoms with Gasteiger partial charge in [0.25, 0.3) is 5.91 Å². The van der Waals surface area contributed by atoms with E-state index in [-0.39, 0.29) is 30.9 Å². The summed E-state index contributed by atoms with van der Waals surface area (Å²) in [5, 5.41) is 6.88. The van der Waals surface area contributed by atoms with Gasteiger partial charge < -0.3 is 10.2 Å². The lowest BCUT2D eigenvalue weighted by Gasteiger charge is -2.20. The number of carbonyl (C=O) groups excluding carboxylic acids is 3. The van der Waals surface area contributed by atoms with Crippen molar-refractivity contribution in [2.75, 3.05) is 26.2 Å². The summed E-state index contributed by atoms with van der Waals surface area (Å²) in [5.74, 6) is -0.554. The van der Waals surface area contributed by atoms with E-state index in [9.17, 15) is 14.4 Å². The first-order chi connectivity index (χ1) is 10.5. The van der Waals surface area contributed by atoms with Crippen molar-refractivity contribution in [3.8, 4) is 0 Å². The van der Waals surface area contributed by atoms with Crippen LogP contribution >= 0.6 is 0 Å². The molecule has 1 atom stereocenters. The number of aromatic nitrogens is 2. The van der Waals surface area contributed by atoms with Crippen molar-refractivity contribution in [3.63, 3.8) is 0 Å². The molecule has 2 fully saturated rings. The van der Waals surface area contributed by atoms with E-state index in [1.165, 1.54) is 0 Å². The van der Waals surface area contributed by atoms with Crippen LogP contribution in [-0.4, -0.2) is 63.6 Å². The fraction of sp³-hybridized carbons (Fsp3) is 0.571. The summed E-state index contributed by atoms with van der Waals surface area (Å²) < 4.78 is 1.95. The average molecular weight is 305 g/mol. The summed E-state index contributed by atoms with van der Waals surface area (Å²) in [6, 6.07) is 1.67. The summed E-state index contributed by atoms with van der Waals surface area (Å²) in [4.78, 5) is 38.0. The lowest BCUT2D eigenvalue weighted by molar-refractivity contribution is -0.135. The third-order valence-corrected chi connectivity index (χ3v) is 4.14. The molecule has 0 bridgehead atoms. The molecule has 1 aromatic heterocycles. The second-order valence-corrected chi connectivity index (χ2v) is 5.79. The van der Waals surface area contributed by atoms with Gasteiger partial charge in [0.1, 0.15) is 6.54 Å². The highest BCUT2D eigenvalue weighted by atomic mass is 16.2. The molecule has 8 nitrogen and oxygen atoms in total. The molecule has 3 heterocycles. The number of nitrogens with one attached hydrogen (secondary N) is 1.